The van der Waals surface area contributed by atoms with Gasteiger partial charge in [0, 0.05) is 31.7 Å². The SMILES string of the molecule is CCCCN(C(=O)c1ccccc1Cl)c1nnc(-c2cc(C)c(CN3CC(C(=O)O)C3)c(C)c2)s1. The van der Waals surface area contributed by atoms with Gasteiger partial charge in [-0.1, -0.05) is 48.4 Å². The van der Waals surface area contributed by atoms with Crippen LogP contribution in [0.25, 0.3) is 10.6 Å². The topological polar surface area (TPSA) is 86.6 Å². The summed E-state index contributed by atoms with van der Waals surface area (Å²) in [6, 6.07) is 11.2. The normalized spacial score (nSPS) is 14.1. The summed E-state index contributed by atoms with van der Waals surface area (Å²) in [4.78, 5) is 28.2. The third-order valence-electron chi connectivity index (χ3n) is 6.36. The highest BCUT2D eigenvalue weighted by Crippen LogP contribution is 2.33. The molecule has 0 radical (unpaired) electrons. The molecule has 0 aliphatic carbocycles. The number of aryl methyl sites for hydroxylation is 2. The van der Waals surface area contributed by atoms with Crippen molar-refractivity contribution >= 4 is 39.9 Å². The van der Waals surface area contributed by atoms with Gasteiger partial charge in [0.1, 0.15) is 5.01 Å². The number of nitrogens with zero attached hydrogens (tertiary/aromatic N) is 4. The zero-order valence-corrected chi connectivity index (χ0v) is 21.7. The second-order valence-electron chi connectivity index (χ2n) is 9.00. The number of rotatable bonds is 9. The number of carbonyl (C=O) groups is 2. The molecule has 9 heteroatoms. The van der Waals surface area contributed by atoms with Crippen LogP contribution in [-0.2, 0) is 11.3 Å². The molecule has 7 nitrogen and oxygen atoms in total. The molecule has 4 rings (SSSR count). The molecule has 1 aliphatic heterocycles. The maximum absolute atomic E-state index is 13.3. The van der Waals surface area contributed by atoms with E-state index in [9.17, 15) is 9.59 Å². The summed E-state index contributed by atoms with van der Waals surface area (Å²) in [6.07, 6.45) is 1.79. The molecular weight excluding hydrogens is 484 g/mol. The molecule has 1 amide bonds. The fourth-order valence-corrected chi connectivity index (χ4v) is 5.34. The molecule has 1 aromatic heterocycles. The molecule has 35 heavy (non-hydrogen) atoms. The number of benzene rings is 2. The predicted octanol–water partition coefficient (Wildman–Crippen LogP) is 5.44. The summed E-state index contributed by atoms with van der Waals surface area (Å²) in [5.74, 6) is -1.17. The number of hydrogen-bond acceptors (Lipinski definition) is 6. The summed E-state index contributed by atoms with van der Waals surface area (Å²) in [6.45, 7) is 8.66. The van der Waals surface area contributed by atoms with Crippen molar-refractivity contribution in [2.75, 3.05) is 24.5 Å². The first-order valence-corrected chi connectivity index (χ1v) is 12.9. The Bertz CT molecular complexity index is 1220. The van der Waals surface area contributed by atoms with Crippen LogP contribution >= 0.6 is 22.9 Å². The van der Waals surface area contributed by atoms with Gasteiger partial charge in [-0.15, -0.1) is 10.2 Å². The second kappa shape index (κ2) is 10.8. The smallest absolute Gasteiger partial charge is 0.309 e. The van der Waals surface area contributed by atoms with Gasteiger partial charge in [0.15, 0.2) is 0 Å². The third-order valence-corrected chi connectivity index (χ3v) is 7.69. The van der Waals surface area contributed by atoms with Crippen molar-refractivity contribution in [3.8, 4) is 10.6 Å². The molecule has 0 spiro atoms. The van der Waals surface area contributed by atoms with Crippen LogP contribution in [0.2, 0.25) is 5.02 Å². The van der Waals surface area contributed by atoms with Gasteiger partial charge < -0.3 is 5.11 Å². The highest BCUT2D eigenvalue weighted by molar-refractivity contribution is 7.18. The monoisotopic (exact) mass is 512 g/mol. The van der Waals surface area contributed by atoms with E-state index in [0.29, 0.717) is 35.4 Å². The van der Waals surface area contributed by atoms with Crippen LogP contribution < -0.4 is 4.90 Å². The second-order valence-corrected chi connectivity index (χ2v) is 10.4. The number of aliphatic carboxylic acids is 1. The minimum Gasteiger partial charge on any atom is -0.481 e. The lowest BCUT2D eigenvalue weighted by atomic mass is 9.95. The number of carbonyl (C=O) groups excluding carboxylic acids is 1. The first kappa shape index (κ1) is 25.3. The number of unbranched alkanes of at least 4 members (excludes halogenated alkanes) is 1. The molecule has 0 atom stereocenters. The van der Waals surface area contributed by atoms with Crippen LogP contribution in [0, 0.1) is 19.8 Å². The number of carboxylic acid groups (broad SMARTS) is 1. The Kier molecular flexibility index (Phi) is 7.84. The maximum atomic E-state index is 13.3. The predicted molar refractivity (Wildman–Crippen MR) is 139 cm³/mol. The van der Waals surface area contributed by atoms with Crippen LogP contribution in [0.15, 0.2) is 36.4 Å². The van der Waals surface area contributed by atoms with Gasteiger partial charge in [-0.2, -0.15) is 0 Å². The lowest BCUT2D eigenvalue weighted by Crippen LogP contribution is -2.49. The zero-order valence-electron chi connectivity index (χ0n) is 20.1. The van der Waals surface area contributed by atoms with Crippen molar-refractivity contribution in [1.29, 1.82) is 0 Å². The standard InChI is InChI=1S/C26H29ClN4O3S/c1-4-5-10-31(24(32)20-8-6-7-9-22(20)27)26-29-28-23(35-26)18-11-16(2)21(17(3)12-18)15-30-13-19(14-30)25(33)34/h6-9,11-12,19H,4-5,10,13-15H2,1-3H3,(H,33,34). The van der Waals surface area contributed by atoms with E-state index in [0.717, 1.165) is 41.1 Å². The lowest BCUT2D eigenvalue weighted by molar-refractivity contribution is -0.147. The average Bonchev–Trinajstić information content (AvgIpc) is 3.27. The molecule has 1 saturated heterocycles. The third kappa shape index (κ3) is 5.55. The van der Waals surface area contributed by atoms with E-state index in [1.807, 2.05) is 0 Å². The molecule has 0 saturated carbocycles. The Labute approximate surface area is 214 Å². The van der Waals surface area contributed by atoms with E-state index in [1.54, 1.807) is 29.2 Å². The van der Waals surface area contributed by atoms with E-state index in [2.05, 4.69) is 48.0 Å². The summed E-state index contributed by atoms with van der Waals surface area (Å²) in [5.41, 5.74) is 4.88. The fraction of sp³-hybridized carbons (Fsp3) is 0.385. The summed E-state index contributed by atoms with van der Waals surface area (Å²) < 4.78 is 0. The van der Waals surface area contributed by atoms with Gasteiger partial charge in [0.2, 0.25) is 5.13 Å². The Hall–Kier alpha value is -2.81. The molecule has 184 valence electrons. The van der Waals surface area contributed by atoms with Crippen LogP contribution in [0.3, 0.4) is 0 Å². The Morgan fingerprint density at radius 3 is 2.49 bits per heavy atom. The quantitative estimate of drug-likeness (QED) is 0.411. The van der Waals surface area contributed by atoms with Crippen molar-refractivity contribution in [2.45, 2.75) is 40.2 Å². The number of aromatic nitrogens is 2. The van der Waals surface area contributed by atoms with Crippen molar-refractivity contribution in [1.82, 2.24) is 15.1 Å². The highest BCUT2D eigenvalue weighted by atomic mass is 35.5. The number of carboxylic acids is 1. The average molecular weight is 513 g/mol. The molecule has 0 unspecified atom stereocenters. The van der Waals surface area contributed by atoms with Crippen LogP contribution in [0.5, 0.6) is 0 Å². The molecular formula is C26H29ClN4O3S. The summed E-state index contributed by atoms with van der Waals surface area (Å²) >= 11 is 7.69. The lowest BCUT2D eigenvalue weighted by Gasteiger charge is -2.37. The van der Waals surface area contributed by atoms with Gasteiger partial charge >= 0.3 is 5.97 Å². The molecule has 2 aromatic carbocycles. The van der Waals surface area contributed by atoms with E-state index < -0.39 is 5.97 Å². The molecule has 1 aliphatic rings. The summed E-state index contributed by atoms with van der Waals surface area (Å²) in [7, 11) is 0. The van der Waals surface area contributed by atoms with Gasteiger partial charge in [0.25, 0.3) is 5.91 Å². The van der Waals surface area contributed by atoms with Crippen molar-refractivity contribution in [2.24, 2.45) is 5.92 Å². The van der Waals surface area contributed by atoms with E-state index in [1.165, 1.54) is 16.9 Å². The largest absolute Gasteiger partial charge is 0.481 e. The number of amides is 1. The van der Waals surface area contributed by atoms with E-state index >= 15 is 0 Å². The first-order chi connectivity index (χ1) is 16.8. The Morgan fingerprint density at radius 1 is 1.17 bits per heavy atom. The van der Waals surface area contributed by atoms with Gasteiger partial charge in [-0.05, 0) is 61.2 Å². The van der Waals surface area contributed by atoms with E-state index in [4.69, 9.17) is 16.7 Å². The van der Waals surface area contributed by atoms with Crippen LogP contribution in [0.1, 0.15) is 46.8 Å². The van der Waals surface area contributed by atoms with E-state index in [-0.39, 0.29) is 11.8 Å². The zero-order chi connectivity index (χ0) is 25.1. The maximum Gasteiger partial charge on any atom is 0.309 e. The number of likely N-dealkylation sites (tertiary alicyclic amines) is 1. The molecule has 1 N–H and O–H groups in total. The minimum atomic E-state index is -0.724. The van der Waals surface area contributed by atoms with Gasteiger partial charge in [-0.3, -0.25) is 19.4 Å². The van der Waals surface area contributed by atoms with Crippen molar-refractivity contribution in [3.63, 3.8) is 0 Å². The minimum absolute atomic E-state index is 0.177. The van der Waals surface area contributed by atoms with Crippen molar-refractivity contribution < 1.29 is 14.7 Å². The number of halogens is 1. The molecule has 1 fully saturated rings. The van der Waals surface area contributed by atoms with Crippen LogP contribution in [-0.4, -0.2) is 51.7 Å². The van der Waals surface area contributed by atoms with Gasteiger partial charge in [0.05, 0.1) is 16.5 Å². The fourth-order valence-electron chi connectivity index (χ4n) is 4.27. The van der Waals surface area contributed by atoms with Crippen molar-refractivity contribution in [3.05, 3.63) is 63.7 Å². The first-order valence-electron chi connectivity index (χ1n) is 11.7. The number of hydrogen-bond donors (Lipinski definition) is 1. The van der Waals surface area contributed by atoms with Crippen LogP contribution in [0.4, 0.5) is 5.13 Å². The summed E-state index contributed by atoms with van der Waals surface area (Å²) in [5, 5.41) is 19.6. The van der Waals surface area contributed by atoms with Gasteiger partial charge in [-0.25, -0.2) is 0 Å². The molecule has 0 bridgehead atoms. The Morgan fingerprint density at radius 2 is 1.86 bits per heavy atom. The number of anilines is 1. The highest BCUT2D eigenvalue weighted by Gasteiger charge is 2.32. The molecule has 2 heterocycles. The molecule has 3 aromatic rings. The Balaban J connectivity index is 1.56.